The minimum Gasteiger partial charge on any atom is -0.494 e. The van der Waals surface area contributed by atoms with E-state index >= 15 is 0 Å². The first-order chi connectivity index (χ1) is 8.93. The molecule has 0 radical (unpaired) electrons. The third-order valence-electron chi connectivity index (χ3n) is 2.28. The van der Waals surface area contributed by atoms with Gasteiger partial charge in [-0.25, -0.2) is 9.18 Å². The molecule has 1 aromatic carbocycles. The quantitative estimate of drug-likeness (QED) is 0.643. The topological polar surface area (TPSA) is 78.6 Å². The molecule has 1 amide bonds. The highest BCUT2D eigenvalue weighted by Gasteiger charge is 2.12. The molecule has 0 aliphatic rings. The summed E-state index contributed by atoms with van der Waals surface area (Å²) < 4.78 is 22.8. The SMILES string of the molecule is COc1ccc(/C=C/C(=O)O[C@@H](C)C(N)=O)cc1F. The monoisotopic (exact) mass is 267 g/mol. The van der Waals surface area contributed by atoms with Crippen LogP contribution in [0.1, 0.15) is 12.5 Å². The third-order valence-corrected chi connectivity index (χ3v) is 2.28. The van der Waals surface area contributed by atoms with E-state index in [1.807, 2.05) is 0 Å². The second kappa shape index (κ2) is 6.53. The Morgan fingerprint density at radius 1 is 1.42 bits per heavy atom. The Hall–Kier alpha value is -2.37. The van der Waals surface area contributed by atoms with Crippen molar-refractivity contribution < 1.29 is 23.5 Å². The number of carbonyl (C=O) groups is 2. The molecule has 0 aromatic heterocycles. The summed E-state index contributed by atoms with van der Waals surface area (Å²) in [7, 11) is 1.36. The standard InChI is InChI=1S/C13H14FNO4/c1-8(13(15)17)19-12(16)6-4-9-3-5-11(18-2)10(14)7-9/h3-8H,1-2H3,(H2,15,17)/b6-4+/t8-/m0/s1. The molecule has 0 fully saturated rings. The number of nitrogens with two attached hydrogens (primary N) is 1. The summed E-state index contributed by atoms with van der Waals surface area (Å²) in [5.41, 5.74) is 5.40. The molecule has 5 nitrogen and oxygen atoms in total. The second-order valence-electron chi connectivity index (χ2n) is 3.71. The van der Waals surface area contributed by atoms with Crippen molar-refractivity contribution in [2.24, 2.45) is 5.73 Å². The van der Waals surface area contributed by atoms with Gasteiger partial charge in [0.2, 0.25) is 0 Å². The fourth-order valence-corrected chi connectivity index (χ4v) is 1.22. The zero-order valence-corrected chi connectivity index (χ0v) is 10.6. The van der Waals surface area contributed by atoms with Gasteiger partial charge in [-0.3, -0.25) is 4.79 Å². The number of carbonyl (C=O) groups excluding carboxylic acids is 2. The summed E-state index contributed by atoms with van der Waals surface area (Å²) in [6, 6.07) is 4.22. The fourth-order valence-electron chi connectivity index (χ4n) is 1.22. The first-order valence-corrected chi connectivity index (χ1v) is 5.45. The molecular formula is C13H14FNO4. The molecule has 0 aliphatic carbocycles. The molecule has 0 aliphatic heterocycles. The Morgan fingerprint density at radius 2 is 2.11 bits per heavy atom. The Kier molecular flexibility index (Phi) is 5.05. The van der Waals surface area contributed by atoms with Crippen LogP contribution in [0.2, 0.25) is 0 Å². The van der Waals surface area contributed by atoms with E-state index in [-0.39, 0.29) is 5.75 Å². The van der Waals surface area contributed by atoms with Gasteiger partial charge in [-0.2, -0.15) is 0 Å². The van der Waals surface area contributed by atoms with Gasteiger partial charge in [0.05, 0.1) is 7.11 Å². The van der Waals surface area contributed by atoms with Crippen LogP contribution in [-0.2, 0) is 14.3 Å². The van der Waals surface area contributed by atoms with Crippen LogP contribution in [-0.4, -0.2) is 25.1 Å². The van der Waals surface area contributed by atoms with Crippen LogP contribution in [0.5, 0.6) is 5.75 Å². The van der Waals surface area contributed by atoms with Gasteiger partial charge in [0.15, 0.2) is 17.7 Å². The van der Waals surface area contributed by atoms with E-state index in [0.717, 1.165) is 6.08 Å². The highest BCUT2D eigenvalue weighted by Crippen LogP contribution is 2.18. The minimum atomic E-state index is -1.01. The van der Waals surface area contributed by atoms with Crippen LogP contribution in [0.4, 0.5) is 4.39 Å². The number of esters is 1. The predicted molar refractivity (Wildman–Crippen MR) is 66.7 cm³/mol. The number of hydrogen-bond donors (Lipinski definition) is 1. The molecule has 0 spiro atoms. The highest BCUT2D eigenvalue weighted by atomic mass is 19.1. The van der Waals surface area contributed by atoms with E-state index in [1.54, 1.807) is 6.07 Å². The van der Waals surface area contributed by atoms with E-state index in [0.29, 0.717) is 5.56 Å². The van der Waals surface area contributed by atoms with Gasteiger partial charge in [0.1, 0.15) is 0 Å². The maximum Gasteiger partial charge on any atom is 0.331 e. The van der Waals surface area contributed by atoms with E-state index in [4.69, 9.17) is 10.5 Å². The van der Waals surface area contributed by atoms with Gasteiger partial charge in [-0.05, 0) is 30.7 Å². The summed E-state index contributed by atoms with van der Waals surface area (Å²) in [5, 5.41) is 0. The predicted octanol–water partition coefficient (Wildman–Crippen LogP) is 1.26. The molecular weight excluding hydrogens is 253 g/mol. The molecule has 19 heavy (non-hydrogen) atoms. The Bertz CT molecular complexity index is 513. The molecule has 0 heterocycles. The number of rotatable bonds is 5. The molecule has 1 aromatic rings. The number of primary amides is 1. The van der Waals surface area contributed by atoms with Crippen molar-refractivity contribution in [3.63, 3.8) is 0 Å². The van der Waals surface area contributed by atoms with Crippen LogP contribution in [0.25, 0.3) is 6.08 Å². The average Bonchev–Trinajstić information content (AvgIpc) is 2.36. The van der Waals surface area contributed by atoms with E-state index in [1.165, 1.54) is 32.2 Å². The lowest BCUT2D eigenvalue weighted by Gasteiger charge is -2.06. The van der Waals surface area contributed by atoms with Gasteiger partial charge in [0, 0.05) is 6.08 Å². The van der Waals surface area contributed by atoms with Crippen LogP contribution in [0.3, 0.4) is 0 Å². The normalized spacial score (nSPS) is 12.2. The second-order valence-corrected chi connectivity index (χ2v) is 3.71. The van der Waals surface area contributed by atoms with Crippen molar-refractivity contribution in [3.05, 3.63) is 35.7 Å². The lowest BCUT2D eigenvalue weighted by atomic mass is 10.2. The fraction of sp³-hybridized carbons (Fsp3) is 0.231. The van der Waals surface area contributed by atoms with Crippen LogP contribution in [0.15, 0.2) is 24.3 Å². The van der Waals surface area contributed by atoms with Gasteiger partial charge in [-0.15, -0.1) is 0 Å². The molecule has 102 valence electrons. The first kappa shape index (κ1) is 14.7. The average molecular weight is 267 g/mol. The smallest absolute Gasteiger partial charge is 0.331 e. The maximum absolute atomic E-state index is 13.4. The summed E-state index contributed by atoms with van der Waals surface area (Å²) in [6.45, 7) is 1.36. The molecule has 1 rings (SSSR count). The van der Waals surface area contributed by atoms with Crippen LogP contribution >= 0.6 is 0 Å². The molecule has 1 atom stereocenters. The molecule has 6 heteroatoms. The van der Waals surface area contributed by atoms with Crippen molar-refractivity contribution in [1.82, 2.24) is 0 Å². The Morgan fingerprint density at radius 3 is 2.63 bits per heavy atom. The van der Waals surface area contributed by atoms with E-state index in [9.17, 15) is 14.0 Å². The van der Waals surface area contributed by atoms with Gasteiger partial charge < -0.3 is 15.2 Å². The van der Waals surface area contributed by atoms with E-state index in [2.05, 4.69) is 4.74 Å². The van der Waals surface area contributed by atoms with Gasteiger partial charge in [-0.1, -0.05) is 6.07 Å². The minimum absolute atomic E-state index is 0.113. The zero-order chi connectivity index (χ0) is 14.4. The maximum atomic E-state index is 13.4. The molecule has 0 saturated heterocycles. The zero-order valence-electron chi connectivity index (χ0n) is 10.6. The Labute approximate surface area is 109 Å². The molecule has 2 N–H and O–H groups in total. The number of amides is 1. The lowest BCUT2D eigenvalue weighted by Crippen LogP contribution is -2.29. The summed E-state index contributed by atoms with van der Waals surface area (Å²) in [4.78, 5) is 22.0. The van der Waals surface area contributed by atoms with Crippen LogP contribution in [0, 0.1) is 5.82 Å². The molecule has 0 saturated carbocycles. The molecule has 0 bridgehead atoms. The van der Waals surface area contributed by atoms with Gasteiger partial charge in [0.25, 0.3) is 5.91 Å². The largest absolute Gasteiger partial charge is 0.494 e. The lowest BCUT2D eigenvalue weighted by molar-refractivity contribution is -0.148. The number of halogens is 1. The van der Waals surface area contributed by atoms with Crippen molar-refractivity contribution in [2.45, 2.75) is 13.0 Å². The van der Waals surface area contributed by atoms with Crippen molar-refractivity contribution in [1.29, 1.82) is 0 Å². The Balaban J connectivity index is 2.68. The highest BCUT2D eigenvalue weighted by molar-refractivity contribution is 5.89. The van der Waals surface area contributed by atoms with Crippen molar-refractivity contribution >= 4 is 18.0 Å². The van der Waals surface area contributed by atoms with Crippen LogP contribution < -0.4 is 10.5 Å². The number of benzene rings is 1. The number of methoxy groups -OCH3 is 1. The number of hydrogen-bond acceptors (Lipinski definition) is 4. The van der Waals surface area contributed by atoms with Crippen molar-refractivity contribution in [2.75, 3.05) is 7.11 Å². The number of ether oxygens (including phenoxy) is 2. The third kappa shape index (κ3) is 4.42. The first-order valence-electron chi connectivity index (χ1n) is 5.45. The van der Waals surface area contributed by atoms with Crippen molar-refractivity contribution in [3.8, 4) is 5.75 Å². The van der Waals surface area contributed by atoms with E-state index < -0.39 is 23.8 Å². The van der Waals surface area contributed by atoms with Gasteiger partial charge >= 0.3 is 5.97 Å². The summed E-state index contributed by atoms with van der Waals surface area (Å²) in [6.07, 6.45) is 1.43. The summed E-state index contributed by atoms with van der Waals surface area (Å²) >= 11 is 0. The summed E-state index contributed by atoms with van der Waals surface area (Å²) in [5.74, 6) is -1.90. The molecule has 0 unspecified atom stereocenters.